The molecule has 2 aromatic carbocycles. The number of nitrogens with zero attached hydrogens (tertiary/aromatic N) is 3. The van der Waals surface area contributed by atoms with Gasteiger partial charge in [-0.15, -0.1) is 0 Å². The van der Waals surface area contributed by atoms with E-state index in [1.807, 2.05) is 29.2 Å². The second kappa shape index (κ2) is 6.62. The van der Waals surface area contributed by atoms with Crippen LogP contribution in [-0.4, -0.2) is 18.1 Å². The standard InChI is InChI=1S/C20H16F3N3O/c21-20(22,23)16-11-15(6-5-14(16)12-24)26-9-7-13(8-10-26)19-25-17-3-1-2-4-18(17)27-19/h1-6,11,13H,7-10H2. The Labute approximate surface area is 153 Å². The Balaban J connectivity index is 1.51. The van der Waals surface area contributed by atoms with E-state index in [4.69, 9.17) is 9.68 Å². The van der Waals surface area contributed by atoms with E-state index < -0.39 is 11.7 Å². The Morgan fingerprint density at radius 1 is 1.11 bits per heavy atom. The van der Waals surface area contributed by atoms with Gasteiger partial charge in [-0.25, -0.2) is 4.98 Å². The van der Waals surface area contributed by atoms with Crippen LogP contribution in [-0.2, 0) is 6.18 Å². The topological polar surface area (TPSA) is 53.1 Å². The quantitative estimate of drug-likeness (QED) is 0.629. The van der Waals surface area contributed by atoms with Gasteiger partial charge < -0.3 is 9.32 Å². The molecule has 0 radical (unpaired) electrons. The number of piperidine rings is 1. The number of benzene rings is 2. The molecule has 0 saturated carbocycles. The largest absolute Gasteiger partial charge is 0.440 e. The lowest BCUT2D eigenvalue weighted by Gasteiger charge is -2.32. The zero-order chi connectivity index (χ0) is 19.0. The van der Waals surface area contributed by atoms with Crippen molar-refractivity contribution >= 4 is 16.8 Å². The number of nitriles is 1. The molecule has 1 aromatic heterocycles. The van der Waals surface area contributed by atoms with Gasteiger partial charge in [-0.2, -0.15) is 18.4 Å². The molecular formula is C20H16F3N3O. The molecule has 1 aliphatic rings. The minimum atomic E-state index is -4.54. The molecule has 1 saturated heterocycles. The molecule has 27 heavy (non-hydrogen) atoms. The molecule has 2 heterocycles. The summed E-state index contributed by atoms with van der Waals surface area (Å²) in [7, 11) is 0. The zero-order valence-corrected chi connectivity index (χ0v) is 14.3. The molecule has 0 bridgehead atoms. The van der Waals surface area contributed by atoms with Crippen LogP contribution in [0.1, 0.15) is 35.8 Å². The lowest BCUT2D eigenvalue weighted by molar-refractivity contribution is -0.137. The number of rotatable bonds is 2. The lowest BCUT2D eigenvalue weighted by Crippen LogP contribution is -2.33. The highest BCUT2D eigenvalue weighted by atomic mass is 19.4. The third-order valence-corrected chi connectivity index (χ3v) is 4.95. The van der Waals surface area contributed by atoms with E-state index in [2.05, 4.69) is 4.98 Å². The smallest absolute Gasteiger partial charge is 0.417 e. The van der Waals surface area contributed by atoms with Gasteiger partial charge in [-0.05, 0) is 43.2 Å². The van der Waals surface area contributed by atoms with E-state index in [0.29, 0.717) is 24.7 Å². The molecule has 0 unspecified atom stereocenters. The maximum absolute atomic E-state index is 13.2. The summed E-state index contributed by atoms with van der Waals surface area (Å²) in [6.07, 6.45) is -3.06. The summed E-state index contributed by atoms with van der Waals surface area (Å²) in [5, 5.41) is 8.92. The van der Waals surface area contributed by atoms with Crippen molar-refractivity contribution in [1.29, 1.82) is 5.26 Å². The van der Waals surface area contributed by atoms with Crippen LogP contribution in [0.5, 0.6) is 0 Å². The summed E-state index contributed by atoms with van der Waals surface area (Å²) < 4.78 is 45.4. The SMILES string of the molecule is N#Cc1ccc(N2CCC(c3nc4ccccc4o3)CC2)cc1C(F)(F)F. The minimum Gasteiger partial charge on any atom is -0.440 e. The van der Waals surface area contributed by atoms with Gasteiger partial charge in [0.15, 0.2) is 11.5 Å². The number of anilines is 1. The van der Waals surface area contributed by atoms with Crippen molar-refractivity contribution in [2.75, 3.05) is 18.0 Å². The maximum atomic E-state index is 13.2. The summed E-state index contributed by atoms with van der Waals surface area (Å²) >= 11 is 0. The molecule has 7 heteroatoms. The number of alkyl halides is 3. The van der Waals surface area contributed by atoms with Crippen molar-refractivity contribution in [3.05, 3.63) is 59.5 Å². The number of fused-ring (bicyclic) bond motifs is 1. The van der Waals surface area contributed by atoms with E-state index in [0.717, 1.165) is 30.0 Å². The third kappa shape index (κ3) is 3.35. The Hall–Kier alpha value is -3.01. The molecular weight excluding hydrogens is 355 g/mol. The van der Waals surface area contributed by atoms with E-state index in [1.54, 1.807) is 12.1 Å². The predicted octanol–water partition coefficient (Wildman–Crippen LogP) is 5.10. The predicted molar refractivity (Wildman–Crippen MR) is 94.4 cm³/mol. The second-order valence-electron chi connectivity index (χ2n) is 6.62. The van der Waals surface area contributed by atoms with Crippen molar-refractivity contribution in [3.8, 4) is 6.07 Å². The number of aromatic nitrogens is 1. The molecule has 1 aliphatic heterocycles. The summed E-state index contributed by atoms with van der Waals surface area (Å²) in [5.41, 5.74) is 0.808. The molecule has 4 rings (SSSR count). The fourth-order valence-electron chi connectivity index (χ4n) is 3.51. The molecule has 0 spiro atoms. The highest BCUT2D eigenvalue weighted by Crippen LogP contribution is 2.36. The van der Waals surface area contributed by atoms with Gasteiger partial charge in [0.25, 0.3) is 0 Å². The normalized spacial score (nSPS) is 15.9. The summed E-state index contributed by atoms with van der Waals surface area (Å²) in [6, 6.07) is 13.1. The van der Waals surface area contributed by atoms with E-state index in [-0.39, 0.29) is 11.5 Å². The first-order valence-corrected chi connectivity index (χ1v) is 8.67. The van der Waals surface area contributed by atoms with Crippen molar-refractivity contribution in [2.45, 2.75) is 24.9 Å². The van der Waals surface area contributed by atoms with Crippen LogP contribution in [0.15, 0.2) is 46.9 Å². The first kappa shape index (κ1) is 17.4. The number of halogens is 3. The van der Waals surface area contributed by atoms with Gasteiger partial charge in [-0.1, -0.05) is 12.1 Å². The van der Waals surface area contributed by atoms with Gasteiger partial charge in [0.05, 0.1) is 17.2 Å². The summed E-state index contributed by atoms with van der Waals surface area (Å²) in [5.74, 6) is 0.834. The van der Waals surface area contributed by atoms with Gasteiger partial charge in [0, 0.05) is 24.7 Å². The van der Waals surface area contributed by atoms with Crippen molar-refractivity contribution in [2.24, 2.45) is 0 Å². The van der Waals surface area contributed by atoms with Crippen LogP contribution < -0.4 is 4.90 Å². The molecule has 0 aliphatic carbocycles. The zero-order valence-electron chi connectivity index (χ0n) is 14.3. The highest BCUT2D eigenvalue weighted by Gasteiger charge is 2.34. The van der Waals surface area contributed by atoms with E-state index in [1.165, 1.54) is 6.07 Å². The van der Waals surface area contributed by atoms with Crippen molar-refractivity contribution in [1.82, 2.24) is 4.98 Å². The van der Waals surface area contributed by atoms with Crippen LogP contribution in [0.3, 0.4) is 0 Å². The van der Waals surface area contributed by atoms with E-state index in [9.17, 15) is 13.2 Å². The number of para-hydroxylation sites is 2. The molecule has 0 amide bonds. The number of hydrogen-bond acceptors (Lipinski definition) is 4. The van der Waals surface area contributed by atoms with Crippen LogP contribution in [0, 0.1) is 11.3 Å². The molecule has 138 valence electrons. The number of hydrogen-bond donors (Lipinski definition) is 0. The first-order chi connectivity index (χ1) is 13.0. The summed E-state index contributed by atoms with van der Waals surface area (Å²) in [4.78, 5) is 6.45. The average Bonchev–Trinajstić information content (AvgIpc) is 3.11. The van der Waals surface area contributed by atoms with Crippen molar-refractivity contribution < 1.29 is 17.6 Å². The van der Waals surface area contributed by atoms with Crippen LogP contribution in [0.25, 0.3) is 11.1 Å². The third-order valence-electron chi connectivity index (χ3n) is 4.95. The Bertz CT molecular complexity index is 978. The van der Waals surface area contributed by atoms with Gasteiger partial charge >= 0.3 is 6.18 Å². The Kier molecular flexibility index (Phi) is 4.27. The Morgan fingerprint density at radius 2 is 1.85 bits per heavy atom. The van der Waals surface area contributed by atoms with Crippen LogP contribution >= 0.6 is 0 Å². The fraction of sp³-hybridized carbons (Fsp3) is 0.300. The molecule has 4 nitrogen and oxygen atoms in total. The minimum absolute atomic E-state index is 0.147. The van der Waals surface area contributed by atoms with Crippen molar-refractivity contribution in [3.63, 3.8) is 0 Å². The molecule has 1 fully saturated rings. The fourth-order valence-corrected chi connectivity index (χ4v) is 3.51. The average molecular weight is 371 g/mol. The monoisotopic (exact) mass is 371 g/mol. The molecule has 0 N–H and O–H groups in total. The Morgan fingerprint density at radius 3 is 2.52 bits per heavy atom. The van der Waals surface area contributed by atoms with Gasteiger partial charge in [-0.3, -0.25) is 0 Å². The van der Waals surface area contributed by atoms with Crippen LogP contribution in [0.2, 0.25) is 0 Å². The van der Waals surface area contributed by atoms with Gasteiger partial charge in [0.2, 0.25) is 0 Å². The molecule has 0 atom stereocenters. The maximum Gasteiger partial charge on any atom is 0.417 e. The summed E-state index contributed by atoms with van der Waals surface area (Å²) in [6.45, 7) is 1.21. The van der Waals surface area contributed by atoms with Gasteiger partial charge in [0.1, 0.15) is 5.52 Å². The lowest BCUT2D eigenvalue weighted by atomic mass is 9.96. The second-order valence-corrected chi connectivity index (χ2v) is 6.62. The molecule has 3 aromatic rings. The number of oxazole rings is 1. The van der Waals surface area contributed by atoms with E-state index >= 15 is 0 Å². The van der Waals surface area contributed by atoms with Crippen LogP contribution in [0.4, 0.5) is 18.9 Å². The first-order valence-electron chi connectivity index (χ1n) is 8.67. The highest BCUT2D eigenvalue weighted by molar-refractivity contribution is 5.72.